The normalized spacial score (nSPS) is 10.4. The molecule has 0 aliphatic carbocycles. The van der Waals surface area contributed by atoms with Gasteiger partial charge in [0.1, 0.15) is 17.3 Å². The van der Waals surface area contributed by atoms with Crippen molar-refractivity contribution in [1.82, 2.24) is 9.97 Å². The standard InChI is InChI=1S/C18H23N5O2/c1-11(2)10-19-17-9-16(20-12(3)21-17)18(25)23-15-7-5-6-14(8-15)22-13(4)24/h5-9,11H,10H2,1-4H3,(H,22,24)(H,23,25)(H,19,20,21). The summed E-state index contributed by atoms with van der Waals surface area (Å²) in [5.74, 6) is 1.10. The van der Waals surface area contributed by atoms with E-state index in [1.54, 1.807) is 37.3 Å². The van der Waals surface area contributed by atoms with E-state index < -0.39 is 0 Å². The lowest BCUT2D eigenvalue weighted by molar-refractivity contribution is -0.114. The fourth-order valence-electron chi connectivity index (χ4n) is 2.16. The number of nitrogens with zero attached hydrogens (tertiary/aromatic N) is 2. The molecule has 0 spiro atoms. The molecular weight excluding hydrogens is 318 g/mol. The highest BCUT2D eigenvalue weighted by molar-refractivity contribution is 6.03. The van der Waals surface area contributed by atoms with Gasteiger partial charge in [-0.3, -0.25) is 9.59 Å². The molecule has 1 heterocycles. The molecule has 2 rings (SSSR count). The highest BCUT2D eigenvalue weighted by atomic mass is 16.2. The second-order valence-electron chi connectivity index (χ2n) is 6.18. The van der Waals surface area contributed by atoms with Crippen molar-refractivity contribution in [3.63, 3.8) is 0 Å². The fourth-order valence-corrected chi connectivity index (χ4v) is 2.16. The largest absolute Gasteiger partial charge is 0.370 e. The molecule has 7 heteroatoms. The third kappa shape index (κ3) is 5.87. The minimum absolute atomic E-state index is 0.171. The number of hydrogen-bond donors (Lipinski definition) is 3. The molecular formula is C18H23N5O2. The average molecular weight is 341 g/mol. The second kappa shape index (κ2) is 8.23. The highest BCUT2D eigenvalue weighted by Gasteiger charge is 2.11. The lowest BCUT2D eigenvalue weighted by atomic mass is 10.2. The zero-order valence-electron chi connectivity index (χ0n) is 14.9. The first-order chi connectivity index (χ1) is 11.8. The first kappa shape index (κ1) is 18.4. The summed E-state index contributed by atoms with van der Waals surface area (Å²) in [6, 6.07) is 8.56. The first-order valence-electron chi connectivity index (χ1n) is 8.12. The number of aromatic nitrogens is 2. The van der Waals surface area contributed by atoms with Crippen molar-refractivity contribution in [1.29, 1.82) is 0 Å². The molecule has 2 aromatic rings. The van der Waals surface area contributed by atoms with E-state index in [1.165, 1.54) is 6.92 Å². The van der Waals surface area contributed by atoms with Crippen molar-refractivity contribution in [3.05, 3.63) is 41.9 Å². The van der Waals surface area contributed by atoms with E-state index in [-0.39, 0.29) is 17.5 Å². The molecule has 0 saturated carbocycles. The number of anilines is 3. The Kier molecular flexibility index (Phi) is 6.05. The van der Waals surface area contributed by atoms with Gasteiger partial charge in [-0.15, -0.1) is 0 Å². The Morgan fingerprint density at radius 3 is 2.40 bits per heavy atom. The van der Waals surface area contributed by atoms with Crippen molar-refractivity contribution >= 4 is 29.0 Å². The molecule has 0 atom stereocenters. The summed E-state index contributed by atoms with van der Waals surface area (Å²) >= 11 is 0. The fraction of sp³-hybridized carbons (Fsp3) is 0.333. The van der Waals surface area contributed by atoms with Crippen molar-refractivity contribution in [2.45, 2.75) is 27.7 Å². The SMILES string of the molecule is CC(=O)Nc1cccc(NC(=O)c2cc(NCC(C)C)nc(C)n2)c1. The van der Waals surface area contributed by atoms with Gasteiger partial charge in [-0.25, -0.2) is 9.97 Å². The molecule has 1 aromatic carbocycles. The Bertz CT molecular complexity index is 774. The number of carbonyl (C=O) groups is 2. The number of nitrogens with one attached hydrogen (secondary N) is 3. The van der Waals surface area contributed by atoms with Crippen LogP contribution in [0.25, 0.3) is 0 Å². The Morgan fingerprint density at radius 1 is 1.08 bits per heavy atom. The zero-order valence-corrected chi connectivity index (χ0v) is 14.9. The van der Waals surface area contributed by atoms with Gasteiger partial charge >= 0.3 is 0 Å². The van der Waals surface area contributed by atoms with Gasteiger partial charge in [0.25, 0.3) is 5.91 Å². The average Bonchev–Trinajstić information content (AvgIpc) is 2.52. The summed E-state index contributed by atoms with van der Waals surface area (Å²) in [5.41, 5.74) is 1.47. The monoisotopic (exact) mass is 341 g/mol. The predicted molar refractivity (Wildman–Crippen MR) is 98.8 cm³/mol. The topological polar surface area (TPSA) is 96.0 Å². The first-order valence-corrected chi connectivity index (χ1v) is 8.12. The smallest absolute Gasteiger partial charge is 0.274 e. The van der Waals surface area contributed by atoms with Crippen LogP contribution in [0.2, 0.25) is 0 Å². The minimum Gasteiger partial charge on any atom is -0.370 e. The molecule has 0 fully saturated rings. The minimum atomic E-state index is -0.335. The summed E-state index contributed by atoms with van der Waals surface area (Å²) in [6.45, 7) is 8.12. The van der Waals surface area contributed by atoms with Crippen LogP contribution in [-0.2, 0) is 4.79 Å². The van der Waals surface area contributed by atoms with Crippen LogP contribution in [-0.4, -0.2) is 28.3 Å². The number of benzene rings is 1. The number of rotatable bonds is 6. The van der Waals surface area contributed by atoms with Crippen LogP contribution < -0.4 is 16.0 Å². The van der Waals surface area contributed by atoms with Gasteiger partial charge in [0.15, 0.2) is 0 Å². The maximum absolute atomic E-state index is 12.5. The van der Waals surface area contributed by atoms with Gasteiger partial charge in [-0.05, 0) is 31.0 Å². The van der Waals surface area contributed by atoms with Gasteiger partial charge in [0.2, 0.25) is 5.91 Å². The van der Waals surface area contributed by atoms with E-state index in [9.17, 15) is 9.59 Å². The van der Waals surface area contributed by atoms with Gasteiger partial charge in [-0.2, -0.15) is 0 Å². The van der Waals surface area contributed by atoms with E-state index in [0.717, 1.165) is 6.54 Å². The lowest BCUT2D eigenvalue weighted by Gasteiger charge is -2.11. The molecule has 0 unspecified atom stereocenters. The van der Waals surface area contributed by atoms with Crippen LogP contribution in [0.5, 0.6) is 0 Å². The summed E-state index contributed by atoms with van der Waals surface area (Å²) < 4.78 is 0. The molecule has 0 aliphatic heterocycles. The quantitative estimate of drug-likeness (QED) is 0.750. The van der Waals surface area contributed by atoms with E-state index in [1.807, 2.05) is 0 Å². The van der Waals surface area contributed by atoms with E-state index in [0.29, 0.717) is 28.9 Å². The highest BCUT2D eigenvalue weighted by Crippen LogP contribution is 2.16. The molecule has 0 saturated heterocycles. The number of aryl methyl sites for hydroxylation is 1. The predicted octanol–water partition coefficient (Wildman–Crippen LogP) is 3.06. The van der Waals surface area contributed by atoms with Gasteiger partial charge in [-0.1, -0.05) is 19.9 Å². The Labute approximate surface area is 147 Å². The van der Waals surface area contributed by atoms with Crippen molar-refractivity contribution in [2.24, 2.45) is 5.92 Å². The molecule has 0 bridgehead atoms. The zero-order chi connectivity index (χ0) is 18.4. The number of amides is 2. The Morgan fingerprint density at radius 2 is 1.76 bits per heavy atom. The van der Waals surface area contributed by atoms with Gasteiger partial charge < -0.3 is 16.0 Å². The Hall–Kier alpha value is -2.96. The maximum atomic E-state index is 12.5. The second-order valence-corrected chi connectivity index (χ2v) is 6.18. The summed E-state index contributed by atoms with van der Waals surface area (Å²) in [4.78, 5) is 32.1. The van der Waals surface area contributed by atoms with Crippen LogP contribution in [0.3, 0.4) is 0 Å². The molecule has 25 heavy (non-hydrogen) atoms. The van der Waals surface area contributed by atoms with Crippen LogP contribution in [0.1, 0.15) is 37.1 Å². The van der Waals surface area contributed by atoms with E-state index in [2.05, 4.69) is 39.8 Å². The van der Waals surface area contributed by atoms with E-state index in [4.69, 9.17) is 0 Å². The maximum Gasteiger partial charge on any atom is 0.274 e. The van der Waals surface area contributed by atoms with Crippen molar-refractivity contribution in [3.8, 4) is 0 Å². The van der Waals surface area contributed by atoms with E-state index >= 15 is 0 Å². The summed E-state index contributed by atoms with van der Waals surface area (Å²) in [5, 5.41) is 8.66. The molecule has 2 amide bonds. The number of hydrogen-bond acceptors (Lipinski definition) is 5. The Balaban J connectivity index is 2.13. The third-order valence-electron chi connectivity index (χ3n) is 3.20. The molecule has 0 aliphatic rings. The van der Waals surface area contributed by atoms with Crippen molar-refractivity contribution < 1.29 is 9.59 Å². The van der Waals surface area contributed by atoms with Crippen LogP contribution in [0.4, 0.5) is 17.2 Å². The summed E-state index contributed by atoms with van der Waals surface area (Å²) in [6.07, 6.45) is 0. The molecule has 1 aromatic heterocycles. The number of carbonyl (C=O) groups excluding carboxylic acids is 2. The third-order valence-corrected chi connectivity index (χ3v) is 3.20. The molecule has 3 N–H and O–H groups in total. The van der Waals surface area contributed by atoms with Gasteiger partial charge in [0.05, 0.1) is 0 Å². The van der Waals surface area contributed by atoms with Crippen LogP contribution in [0, 0.1) is 12.8 Å². The van der Waals surface area contributed by atoms with Crippen molar-refractivity contribution in [2.75, 3.05) is 22.5 Å². The lowest BCUT2D eigenvalue weighted by Crippen LogP contribution is -2.17. The molecule has 132 valence electrons. The molecule has 7 nitrogen and oxygen atoms in total. The van der Waals surface area contributed by atoms with Crippen LogP contribution >= 0.6 is 0 Å². The van der Waals surface area contributed by atoms with Crippen LogP contribution in [0.15, 0.2) is 30.3 Å². The molecule has 0 radical (unpaired) electrons. The summed E-state index contributed by atoms with van der Waals surface area (Å²) in [7, 11) is 0. The van der Waals surface area contributed by atoms with Gasteiger partial charge in [0, 0.05) is 30.9 Å².